The summed E-state index contributed by atoms with van der Waals surface area (Å²) in [6.45, 7) is 3.75. The second kappa shape index (κ2) is 10.5. The van der Waals surface area contributed by atoms with E-state index in [4.69, 9.17) is 14.2 Å². The van der Waals surface area contributed by atoms with Crippen LogP contribution in [0, 0.1) is 5.82 Å². The van der Waals surface area contributed by atoms with Crippen LogP contribution in [-0.4, -0.2) is 34.2 Å². The standard InChI is InChI=1S/C26H25FN4O6/c1-5-30-14-17(25(33)31(6-2)26(30)34)24(32)29-15-7-8-21(18(27)11-15)37-20-9-10-28-19-13-23(36-4)22(35-3)12-16(19)20/h7-14H,5-6H2,1-4H3,(H,29,32). The van der Waals surface area contributed by atoms with Crippen molar-refractivity contribution in [1.82, 2.24) is 14.1 Å². The number of halogens is 1. The van der Waals surface area contributed by atoms with Crippen molar-refractivity contribution in [3.05, 3.63) is 81.0 Å². The van der Waals surface area contributed by atoms with E-state index in [1.54, 1.807) is 32.0 Å². The molecule has 0 fully saturated rings. The van der Waals surface area contributed by atoms with Crippen LogP contribution in [-0.2, 0) is 13.1 Å². The fourth-order valence-corrected chi connectivity index (χ4v) is 3.83. The Balaban J connectivity index is 1.62. The van der Waals surface area contributed by atoms with Gasteiger partial charge in [-0.15, -0.1) is 0 Å². The molecule has 37 heavy (non-hydrogen) atoms. The molecule has 0 spiro atoms. The zero-order valence-electron chi connectivity index (χ0n) is 20.7. The van der Waals surface area contributed by atoms with Crippen LogP contribution in [0.5, 0.6) is 23.0 Å². The van der Waals surface area contributed by atoms with Crippen LogP contribution in [0.25, 0.3) is 10.9 Å². The van der Waals surface area contributed by atoms with E-state index in [1.165, 1.54) is 43.3 Å². The molecule has 0 saturated carbocycles. The van der Waals surface area contributed by atoms with Gasteiger partial charge in [0, 0.05) is 48.7 Å². The van der Waals surface area contributed by atoms with Crippen molar-refractivity contribution in [2.75, 3.05) is 19.5 Å². The predicted molar refractivity (Wildman–Crippen MR) is 136 cm³/mol. The fourth-order valence-electron chi connectivity index (χ4n) is 3.83. The summed E-state index contributed by atoms with van der Waals surface area (Å²) < 4.78 is 33.7. The van der Waals surface area contributed by atoms with Gasteiger partial charge >= 0.3 is 5.69 Å². The monoisotopic (exact) mass is 508 g/mol. The molecular weight excluding hydrogens is 483 g/mol. The Morgan fingerprint density at radius 1 is 0.973 bits per heavy atom. The number of anilines is 1. The van der Waals surface area contributed by atoms with Crippen LogP contribution in [0.4, 0.5) is 10.1 Å². The Labute approximate surface area is 210 Å². The SMILES string of the molecule is CCn1cc(C(=O)Nc2ccc(Oc3ccnc4cc(OC)c(OC)cc34)c(F)c2)c(=O)n(CC)c1=O. The number of amides is 1. The molecule has 1 N–H and O–H groups in total. The first-order valence-corrected chi connectivity index (χ1v) is 11.4. The van der Waals surface area contributed by atoms with Gasteiger partial charge in [-0.2, -0.15) is 0 Å². The van der Waals surface area contributed by atoms with Gasteiger partial charge < -0.3 is 19.5 Å². The zero-order valence-corrected chi connectivity index (χ0v) is 20.7. The lowest BCUT2D eigenvalue weighted by molar-refractivity contribution is 0.102. The molecular formula is C26H25FN4O6. The number of hydrogen-bond donors (Lipinski definition) is 1. The third-order valence-corrected chi connectivity index (χ3v) is 5.76. The Morgan fingerprint density at radius 2 is 1.70 bits per heavy atom. The van der Waals surface area contributed by atoms with E-state index in [1.807, 2.05) is 0 Å². The molecule has 10 nitrogen and oxygen atoms in total. The lowest BCUT2D eigenvalue weighted by Crippen LogP contribution is -2.42. The number of pyridine rings is 1. The average Bonchev–Trinajstić information content (AvgIpc) is 2.89. The topological polar surface area (TPSA) is 114 Å². The van der Waals surface area contributed by atoms with Crippen LogP contribution >= 0.6 is 0 Å². The number of nitrogens with zero attached hydrogens (tertiary/aromatic N) is 3. The summed E-state index contributed by atoms with van der Waals surface area (Å²) in [6, 6.07) is 8.83. The van der Waals surface area contributed by atoms with Gasteiger partial charge in [0.05, 0.1) is 19.7 Å². The smallest absolute Gasteiger partial charge is 0.330 e. The van der Waals surface area contributed by atoms with Crippen molar-refractivity contribution >= 4 is 22.5 Å². The second-order valence-corrected chi connectivity index (χ2v) is 7.90. The van der Waals surface area contributed by atoms with E-state index < -0.39 is 23.0 Å². The Kier molecular flexibility index (Phi) is 7.23. The molecule has 192 valence electrons. The fraction of sp³-hybridized carbons (Fsp3) is 0.231. The molecule has 0 saturated heterocycles. The van der Waals surface area contributed by atoms with E-state index in [9.17, 15) is 18.8 Å². The maximum atomic E-state index is 15.0. The number of rotatable bonds is 8. The number of carbonyl (C=O) groups excluding carboxylic acids is 1. The van der Waals surface area contributed by atoms with Crippen molar-refractivity contribution < 1.29 is 23.4 Å². The highest BCUT2D eigenvalue weighted by Crippen LogP contribution is 2.37. The normalized spacial score (nSPS) is 10.8. The minimum Gasteiger partial charge on any atom is -0.493 e. The molecule has 4 rings (SSSR count). The van der Waals surface area contributed by atoms with E-state index >= 15 is 0 Å². The third kappa shape index (κ3) is 4.88. The van der Waals surface area contributed by atoms with Gasteiger partial charge in [0.15, 0.2) is 23.1 Å². The van der Waals surface area contributed by atoms with Gasteiger partial charge in [-0.25, -0.2) is 9.18 Å². The first-order valence-electron chi connectivity index (χ1n) is 11.4. The van der Waals surface area contributed by atoms with Gasteiger partial charge in [0.1, 0.15) is 11.3 Å². The van der Waals surface area contributed by atoms with Gasteiger partial charge in [-0.05, 0) is 38.1 Å². The number of nitrogens with one attached hydrogen (secondary N) is 1. The lowest BCUT2D eigenvalue weighted by atomic mass is 10.1. The van der Waals surface area contributed by atoms with Crippen LogP contribution in [0.15, 0.2) is 58.4 Å². The summed E-state index contributed by atoms with van der Waals surface area (Å²) >= 11 is 0. The quantitative estimate of drug-likeness (QED) is 0.385. The maximum Gasteiger partial charge on any atom is 0.330 e. The van der Waals surface area contributed by atoms with Crippen LogP contribution in [0.1, 0.15) is 24.2 Å². The molecule has 0 radical (unpaired) electrons. The molecule has 2 aromatic carbocycles. The molecule has 0 bridgehead atoms. The minimum absolute atomic E-state index is 0.0897. The first kappa shape index (κ1) is 25.4. The molecule has 0 aliphatic heterocycles. The van der Waals surface area contributed by atoms with E-state index in [0.717, 1.165) is 10.6 Å². The number of carbonyl (C=O) groups is 1. The average molecular weight is 509 g/mol. The number of methoxy groups -OCH3 is 2. The number of ether oxygens (including phenoxy) is 3. The number of fused-ring (bicyclic) bond motifs is 1. The molecule has 0 aliphatic carbocycles. The summed E-state index contributed by atoms with van der Waals surface area (Å²) in [5.41, 5.74) is -0.773. The van der Waals surface area contributed by atoms with Gasteiger partial charge in [0.2, 0.25) is 0 Å². The molecule has 2 heterocycles. The number of hydrogen-bond acceptors (Lipinski definition) is 7. The Bertz CT molecular complexity index is 1610. The van der Waals surface area contributed by atoms with E-state index in [0.29, 0.717) is 28.2 Å². The maximum absolute atomic E-state index is 15.0. The molecule has 4 aromatic rings. The van der Waals surface area contributed by atoms with Crippen molar-refractivity contribution in [2.24, 2.45) is 0 Å². The minimum atomic E-state index is -0.761. The second-order valence-electron chi connectivity index (χ2n) is 7.90. The van der Waals surface area contributed by atoms with Crippen LogP contribution in [0.2, 0.25) is 0 Å². The molecule has 11 heteroatoms. The number of benzene rings is 2. The summed E-state index contributed by atoms with van der Waals surface area (Å²) in [5, 5.41) is 3.09. The van der Waals surface area contributed by atoms with Gasteiger partial charge in [0.25, 0.3) is 11.5 Å². The van der Waals surface area contributed by atoms with E-state index in [2.05, 4.69) is 10.3 Å². The Morgan fingerprint density at radius 3 is 2.35 bits per heavy atom. The van der Waals surface area contributed by atoms with Crippen LogP contribution in [0.3, 0.4) is 0 Å². The summed E-state index contributed by atoms with van der Waals surface area (Å²) in [7, 11) is 3.02. The zero-order chi connectivity index (χ0) is 26.7. The highest BCUT2D eigenvalue weighted by atomic mass is 19.1. The summed E-state index contributed by atoms with van der Waals surface area (Å²) in [5.74, 6) is -0.304. The largest absolute Gasteiger partial charge is 0.493 e. The van der Waals surface area contributed by atoms with Crippen molar-refractivity contribution in [3.63, 3.8) is 0 Å². The highest BCUT2D eigenvalue weighted by molar-refractivity contribution is 6.03. The van der Waals surface area contributed by atoms with Crippen LogP contribution < -0.4 is 30.8 Å². The van der Waals surface area contributed by atoms with Crippen molar-refractivity contribution in [3.8, 4) is 23.0 Å². The molecule has 1 amide bonds. The number of aromatic nitrogens is 3. The van der Waals surface area contributed by atoms with E-state index in [-0.39, 0.29) is 30.1 Å². The summed E-state index contributed by atoms with van der Waals surface area (Å²) in [6.07, 6.45) is 2.73. The molecule has 0 unspecified atom stereocenters. The molecule has 0 aliphatic rings. The lowest BCUT2D eigenvalue weighted by Gasteiger charge is -2.13. The first-order chi connectivity index (χ1) is 17.8. The Hall–Kier alpha value is -4.67. The van der Waals surface area contributed by atoms with Gasteiger partial charge in [-0.3, -0.25) is 23.7 Å². The van der Waals surface area contributed by atoms with Crippen molar-refractivity contribution in [2.45, 2.75) is 26.9 Å². The summed E-state index contributed by atoms with van der Waals surface area (Å²) in [4.78, 5) is 42.0. The highest BCUT2D eigenvalue weighted by Gasteiger charge is 2.18. The predicted octanol–water partition coefficient (Wildman–Crippen LogP) is 3.80. The van der Waals surface area contributed by atoms with Crippen molar-refractivity contribution in [1.29, 1.82) is 0 Å². The molecule has 0 atom stereocenters. The third-order valence-electron chi connectivity index (χ3n) is 5.76. The number of aryl methyl sites for hydroxylation is 1. The molecule has 2 aromatic heterocycles. The van der Waals surface area contributed by atoms with Gasteiger partial charge in [-0.1, -0.05) is 0 Å².